The highest BCUT2D eigenvalue weighted by molar-refractivity contribution is 7.93. The molecule has 0 radical (unpaired) electrons. The van der Waals surface area contributed by atoms with Gasteiger partial charge in [0.15, 0.2) is 0 Å². The van der Waals surface area contributed by atoms with Gasteiger partial charge in [0, 0.05) is 12.6 Å². The van der Waals surface area contributed by atoms with Crippen LogP contribution < -0.4 is 11.1 Å². The van der Waals surface area contributed by atoms with E-state index in [0.717, 1.165) is 11.3 Å². The van der Waals surface area contributed by atoms with E-state index in [2.05, 4.69) is 5.32 Å². The molecule has 1 amide bonds. The lowest BCUT2D eigenvalue weighted by atomic mass is 10.2. The molecule has 2 aromatic rings. The number of nitrogens with two attached hydrogens (primary N) is 1. The molecule has 1 atom stereocenters. The van der Waals surface area contributed by atoms with E-state index in [-0.39, 0.29) is 33.5 Å². The summed E-state index contributed by atoms with van der Waals surface area (Å²) in [4.78, 5) is 12.6. The van der Waals surface area contributed by atoms with Crippen molar-refractivity contribution >= 4 is 39.5 Å². The summed E-state index contributed by atoms with van der Waals surface area (Å²) in [6.45, 7) is 2.33. The predicted molar refractivity (Wildman–Crippen MR) is 94.1 cm³/mol. The highest BCUT2D eigenvalue weighted by Gasteiger charge is 2.21. The highest BCUT2D eigenvalue weighted by Crippen LogP contribution is 2.27. The normalized spacial score (nSPS) is 12.3. The van der Waals surface area contributed by atoms with Crippen LogP contribution in [0.3, 0.4) is 0 Å². The third-order valence-electron chi connectivity index (χ3n) is 3.01. The zero-order valence-electron chi connectivity index (χ0n) is 12.6. The second-order valence-electron chi connectivity index (χ2n) is 4.96. The van der Waals surface area contributed by atoms with Gasteiger partial charge in [0.25, 0.3) is 5.91 Å². The first-order valence-corrected chi connectivity index (χ1v) is 9.15. The van der Waals surface area contributed by atoms with Gasteiger partial charge in [0.1, 0.15) is 4.21 Å². The number of carbonyl (C=O) groups excluding carboxylic acids is 1. The first-order chi connectivity index (χ1) is 10.4. The van der Waals surface area contributed by atoms with Crippen molar-refractivity contribution in [1.82, 2.24) is 5.32 Å². The van der Waals surface area contributed by atoms with Crippen LogP contribution in [0.1, 0.15) is 23.0 Å². The van der Waals surface area contributed by atoms with Gasteiger partial charge in [-0.25, -0.2) is 8.42 Å². The summed E-state index contributed by atoms with van der Waals surface area (Å²) in [5.74, 6) is -0.278. The third-order valence-corrected chi connectivity index (χ3v) is 6.35. The largest absolute Gasteiger partial charge is 0.351 e. The van der Waals surface area contributed by atoms with Gasteiger partial charge in [-0.2, -0.15) is 0 Å². The molecule has 0 aliphatic carbocycles. The fourth-order valence-corrected chi connectivity index (χ4v) is 4.45. The Bertz CT molecular complexity index is 743. The van der Waals surface area contributed by atoms with E-state index in [0.29, 0.717) is 17.8 Å². The van der Waals surface area contributed by atoms with Crippen LogP contribution in [0.2, 0.25) is 0 Å². The Morgan fingerprint density at radius 3 is 2.48 bits per heavy atom. The minimum atomic E-state index is -3.57. The summed E-state index contributed by atoms with van der Waals surface area (Å²) < 4.78 is 25.0. The number of benzene rings is 1. The maximum Gasteiger partial charge on any atom is 0.261 e. The molecule has 8 heteroatoms. The van der Waals surface area contributed by atoms with Crippen LogP contribution >= 0.6 is 23.7 Å². The molecule has 1 aromatic carbocycles. The Morgan fingerprint density at radius 2 is 1.87 bits per heavy atom. The van der Waals surface area contributed by atoms with Crippen molar-refractivity contribution in [2.24, 2.45) is 5.73 Å². The van der Waals surface area contributed by atoms with E-state index in [1.807, 2.05) is 6.92 Å². The van der Waals surface area contributed by atoms with Crippen molar-refractivity contribution in [3.8, 4) is 0 Å². The smallest absolute Gasteiger partial charge is 0.261 e. The van der Waals surface area contributed by atoms with Gasteiger partial charge < -0.3 is 11.1 Å². The standard InChI is InChI=1S/C15H18N2O3S2.ClH/c1-11(16)9-10-17-15(18)13-7-8-14(21-13)22(19,20)12-5-3-2-4-6-12;/h2-8,11H,9-10,16H2,1H3,(H,17,18);1H. The predicted octanol–water partition coefficient (Wildman–Crippen LogP) is 2.47. The molecule has 3 N–H and O–H groups in total. The number of amides is 1. The van der Waals surface area contributed by atoms with Gasteiger partial charge in [-0.15, -0.1) is 23.7 Å². The molecule has 5 nitrogen and oxygen atoms in total. The number of carbonyl (C=O) groups is 1. The average Bonchev–Trinajstić information content (AvgIpc) is 2.98. The Kier molecular flexibility index (Phi) is 7.21. The van der Waals surface area contributed by atoms with E-state index in [1.165, 1.54) is 24.3 Å². The fraction of sp³-hybridized carbons (Fsp3) is 0.267. The van der Waals surface area contributed by atoms with Gasteiger partial charge in [0.2, 0.25) is 9.84 Å². The first kappa shape index (κ1) is 19.6. The lowest BCUT2D eigenvalue weighted by Gasteiger charge is -2.05. The van der Waals surface area contributed by atoms with Crippen molar-refractivity contribution in [1.29, 1.82) is 0 Å². The molecule has 0 aliphatic heterocycles. The zero-order valence-corrected chi connectivity index (χ0v) is 15.0. The van der Waals surface area contributed by atoms with Crippen LogP contribution in [0, 0.1) is 0 Å². The fourth-order valence-electron chi connectivity index (χ4n) is 1.80. The van der Waals surface area contributed by atoms with E-state index in [4.69, 9.17) is 5.73 Å². The van der Waals surface area contributed by atoms with E-state index >= 15 is 0 Å². The first-order valence-electron chi connectivity index (χ1n) is 6.85. The molecule has 126 valence electrons. The molecule has 0 fully saturated rings. The van der Waals surface area contributed by atoms with Crippen molar-refractivity contribution < 1.29 is 13.2 Å². The maximum absolute atomic E-state index is 12.4. The number of sulfone groups is 1. The van der Waals surface area contributed by atoms with Crippen LogP contribution in [0.25, 0.3) is 0 Å². The number of halogens is 1. The van der Waals surface area contributed by atoms with Crippen LogP contribution in [0.15, 0.2) is 51.6 Å². The summed E-state index contributed by atoms with van der Waals surface area (Å²) in [6, 6.07) is 11.2. The molecule has 2 rings (SSSR count). The van der Waals surface area contributed by atoms with Gasteiger partial charge >= 0.3 is 0 Å². The molecular weight excluding hydrogens is 356 g/mol. The molecule has 0 saturated heterocycles. The Balaban J connectivity index is 0.00000264. The third kappa shape index (κ3) is 5.04. The second-order valence-corrected chi connectivity index (χ2v) is 8.22. The number of hydrogen-bond acceptors (Lipinski definition) is 5. The topological polar surface area (TPSA) is 89.3 Å². The SMILES string of the molecule is CC(N)CCNC(=O)c1ccc(S(=O)(=O)c2ccccc2)s1.Cl. The summed E-state index contributed by atoms with van der Waals surface area (Å²) in [5.41, 5.74) is 5.61. The lowest BCUT2D eigenvalue weighted by molar-refractivity contribution is 0.0957. The van der Waals surface area contributed by atoms with Gasteiger partial charge in [-0.3, -0.25) is 4.79 Å². The molecule has 0 bridgehead atoms. The maximum atomic E-state index is 12.4. The van der Waals surface area contributed by atoms with E-state index < -0.39 is 9.84 Å². The quantitative estimate of drug-likeness (QED) is 0.812. The van der Waals surface area contributed by atoms with Crippen molar-refractivity contribution in [3.63, 3.8) is 0 Å². The summed E-state index contributed by atoms with van der Waals surface area (Å²) in [6.07, 6.45) is 0.673. The van der Waals surface area contributed by atoms with Crippen LogP contribution in [-0.4, -0.2) is 26.9 Å². The van der Waals surface area contributed by atoms with Gasteiger partial charge in [0.05, 0.1) is 9.77 Å². The molecule has 1 unspecified atom stereocenters. The average molecular weight is 375 g/mol. The molecule has 23 heavy (non-hydrogen) atoms. The second kappa shape index (κ2) is 8.44. The Labute approximate surface area is 146 Å². The molecular formula is C15H19ClN2O3S2. The van der Waals surface area contributed by atoms with Gasteiger partial charge in [-0.1, -0.05) is 18.2 Å². The Morgan fingerprint density at radius 1 is 1.22 bits per heavy atom. The molecule has 0 spiro atoms. The number of rotatable bonds is 6. The minimum absolute atomic E-state index is 0. The summed E-state index contributed by atoms with van der Waals surface area (Å²) in [5, 5.41) is 2.73. The van der Waals surface area contributed by atoms with Gasteiger partial charge in [-0.05, 0) is 37.6 Å². The number of hydrogen-bond donors (Lipinski definition) is 2. The highest BCUT2D eigenvalue weighted by atomic mass is 35.5. The van der Waals surface area contributed by atoms with E-state index in [9.17, 15) is 13.2 Å². The van der Waals surface area contributed by atoms with Crippen LogP contribution in [0.4, 0.5) is 0 Å². The molecule has 1 aromatic heterocycles. The summed E-state index contributed by atoms with van der Waals surface area (Å²) >= 11 is 0.970. The van der Waals surface area contributed by atoms with Crippen molar-refractivity contribution in [3.05, 3.63) is 47.3 Å². The number of thiophene rings is 1. The summed E-state index contributed by atoms with van der Waals surface area (Å²) in [7, 11) is -3.57. The minimum Gasteiger partial charge on any atom is -0.351 e. The van der Waals surface area contributed by atoms with Crippen molar-refractivity contribution in [2.45, 2.75) is 28.5 Å². The Hall–Kier alpha value is -1.41. The van der Waals surface area contributed by atoms with Crippen LogP contribution in [-0.2, 0) is 9.84 Å². The van der Waals surface area contributed by atoms with Crippen molar-refractivity contribution in [2.75, 3.05) is 6.54 Å². The number of nitrogens with one attached hydrogen (secondary N) is 1. The zero-order chi connectivity index (χ0) is 16.2. The molecule has 0 aliphatic rings. The molecule has 0 saturated carbocycles. The van der Waals surface area contributed by atoms with Crippen LogP contribution in [0.5, 0.6) is 0 Å². The lowest BCUT2D eigenvalue weighted by Crippen LogP contribution is -2.28. The monoisotopic (exact) mass is 374 g/mol. The molecule has 1 heterocycles. The van der Waals surface area contributed by atoms with E-state index in [1.54, 1.807) is 18.2 Å².